The van der Waals surface area contributed by atoms with Crippen molar-refractivity contribution in [2.45, 2.75) is 44.2 Å². The Balaban J connectivity index is 2.15. The van der Waals surface area contributed by atoms with Crippen molar-refractivity contribution in [1.82, 2.24) is 9.80 Å². The van der Waals surface area contributed by atoms with Gasteiger partial charge in [-0.3, -0.25) is 14.4 Å². The summed E-state index contributed by atoms with van der Waals surface area (Å²) in [6.45, 7) is 2.43. The van der Waals surface area contributed by atoms with E-state index in [-0.39, 0.29) is 24.8 Å². The van der Waals surface area contributed by atoms with Crippen molar-refractivity contribution < 1.29 is 19.5 Å². The molecule has 0 aromatic heterocycles. The van der Waals surface area contributed by atoms with Gasteiger partial charge in [-0.1, -0.05) is 0 Å². The van der Waals surface area contributed by atoms with E-state index < -0.39 is 17.6 Å². The predicted octanol–water partition coefficient (Wildman–Crippen LogP) is -1.16. The number of amides is 3. The molecular formula is C13H21N3O4. The van der Waals surface area contributed by atoms with Gasteiger partial charge < -0.3 is 20.6 Å². The molecule has 2 heterocycles. The molecule has 112 valence electrons. The summed E-state index contributed by atoms with van der Waals surface area (Å²) in [5.41, 5.74) is 4.32. The quantitative estimate of drug-likeness (QED) is 0.679. The molecule has 3 amide bonds. The molecule has 1 spiro atoms. The number of nitrogens with two attached hydrogens (primary N) is 1. The monoisotopic (exact) mass is 283 g/mol. The van der Waals surface area contributed by atoms with Crippen LogP contribution >= 0.6 is 0 Å². The van der Waals surface area contributed by atoms with Crippen LogP contribution in [0.15, 0.2) is 0 Å². The number of primary amides is 1. The van der Waals surface area contributed by atoms with Crippen LogP contribution in [0.2, 0.25) is 0 Å². The van der Waals surface area contributed by atoms with E-state index in [1.807, 2.05) is 0 Å². The van der Waals surface area contributed by atoms with Crippen LogP contribution in [0, 0.1) is 0 Å². The molecule has 0 aromatic carbocycles. The molecule has 0 bridgehead atoms. The second-order valence-corrected chi connectivity index (χ2v) is 5.68. The van der Waals surface area contributed by atoms with Gasteiger partial charge in [-0.25, -0.2) is 0 Å². The maximum Gasteiger partial charge on any atom is 0.249 e. The molecule has 7 heteroatoms. The van der Waals surface area contributed by atoms with Gasteiger partial charge >= 0.3 is 0 Å². The lowest BCUT2D eigenvalue weighted by Crippen LogP contribution is -2.53. The van der Waals surface area contributed by atoms with E-state index >= 15 is 0 Å². The van der Waals surface area contributed by atoms with Crippen LogP contribution in [0.5, 0.6) is 0 Å². The van der Waals surface area contributed by atoms with Crippen molar-refractivity contribution in [3.63, 3.8) is 0 Å². The molecule has 2 aliphatic rings. The molecule has 2 fully saturated rings. The van der Waals surface area contributed by atoms with Gasteiger partial charge in [0.1, 0.15) is 5.54 Å². The fourth-order valence-electron chi connectivity index (χ4n) is 3.25. The molecule has 0 aromatic rings. The number of likely N-dealkylation sites (tertiary alicyclic amines) is 2. The molecular weight excluding hydrogens is 262 g/mol. The lowest BCUT2D eigenvalue weighted by molar-refractivity contribution is -0.148. The van der Waals surface area contributed by atoms with Crippen molar-refractivity contribution in [2.75, 3.05) is 19.6 Å². The van der Waals surface area contributed by atoms with Gasteiger partial charge in [0.15, 0.2) is 0 Å². The third-order valence-corrected chi connectivity index (χ3v) is 4.09. The molecule has 2 aliphatic heterocycles. The Morgan fingerprint density at radius 2 is 2.10 bits per heavy atom. The zero-order valence-corrected chi connectivity index (χ0v) is 11.7. The van der Waals surface area contributed by atoms with Gasteiger partial charge in [0.2, 0.25) is 17.7 Å². The Bertz CT molecular complexity index is 437. The number of hydrogen-bond donors (Lipinski definition) is 2. The summed E-state index contributed by atoms with van der Waals surface area (Å²) in [5.74, 6) is -0.935. The smallest absolute Gasteiger partial charge is 0.249 e. The Hall–Kier alpha value is -1.63. The molecule has 2 atom stereocenters. The van der Waals surface area contributed by atoms with E-state index in [0.29, 0.717) is 25.9 Å². The van der Waals surface area contributed by atoms with Gasteiger partial charge in [-0.2, -0.15) is 0 Å². The highest BCUT2D eigenvalue weighted by Crippen LogP contribution is 2.39. The Labute approximate surface area is 117 Å². The summed E-state index contributed by atoms with van der Waals surface area (Å²) in [4.78, 5) is 38.7. The van der Waals surface area contributed by atoms with Crippen LogP contribution in [-0.4, -0.2) is 63.9 Å². The highest BCUT2D eigenvalue weighted by molar-refractivity contribution is 5.95. The van der Waals surface area contributed by atoms with Gasteiger partial charge in [-0.15, -0.1) is 0 Å². The lowest BCUT2D eigenvalue weighted by atomic mass is 9.94. The van der Waals surface area contributed by atoms with E-state index in [0.717, 1.165) is 6.42 Å². The third kappa shape index (κ3) is 2.49. The van der Waals surface area contributed by atoms with Gasteiger partial charge in [0.25, 0.3) is 0 Å². The maximum atomic E-state index is 12.5. The average molecular weight is 283 g/mol. The van der Waals surface area contributed by atoms with E-state index in [4.69, 9.17) is 5.73 Å². The Morgan fingerprint density at radius 1 is 1.40 bits per heavy atom. The first-order valence-electron chi connectivity index (χ1n) is 6.93. The van der Waals surface area contributed by atoms with Crippen molar-refractivity contribution >= 4 is 17.7 Å². The maximum absolute atomic E-state index is 12.5. The number of rotatable bonds is 4. The third-order valence-electron chi connectivity index (χ3n) is 4.09. The lowest BCUT2D eigenvalue weighted by Gasteiger charge is -2.33. The van der Waals surface area contributed by atoms with Crippen LogP contribution < -0.4 is 5.73 Å². The molecule has 2 rings (SSSR count). The minimum atomic E-state index is -0.818. The topological polar surface area (TPSA) is 104 Å². The largest absolute Gasteiger partial charge is 0.393 e. The summed E-state index contributed by atoms with van der Waals surface area (Å²) in [7, 11) is 0. The first kappa shape index (κ1) is 14.8. The van der Waals surface area contributed by atoms with Crippen molar-refractivity contribution in [2.24, 2.45) is 5.73 Å². The number of carbonyl (C=O) groups excluding carboxylic acids is 3. The molecule has 7 nitrogen and oxygen atoms in total. The van der Waals surface area contributed by atoms with Crippen molar-refractivity contribution in [3.8, 4) is 0 Å². The molecule has 2 saturated heterocycles. The van der Waals surface area contributed by atoms with E-state index in [1.165, 1.54) is 4.90 Å². The van der Waals surface area contributed by atoms with Crippen molar-refractivity contribution in [3.05, 3.63) is 0 Å². The Morgan fingerprint density at radius 3 is 2.70 bits per heavy atom. The summed E-state index contributed by atoms with van der Waals surface area (Å²) < 4.78 is 0. The van der Waals surface area contributed by atoms with Gasteiger partial charge in [-0.05, 0) is 26.2 Å². The van der Waals surface area contributed by atoms with Crippen molar-refractivity contribution in [1.29, 1.82) is 0 Å². The minimum absolute atomic E-state index is 0.0187. The predicted molar refractivity (Wildman–Crippen MR) is 70.4 cm³/mol. The second kappa shape index (κ2) is 5.40. The Kier molecular flexibility index (Phi) is 3.99. The molecule has 0 saturated carbocycles. The van der Waals surface area contributed by atoms with E-state index in [1.54, 1.807) is 11.8 Å². The highest BCUT2D eigenvalue weighted by atomic mass is 16.3. The summed E-state index contributed by atoms with van der Waals surface area (Å²) in [6.07, 6.45) is 1.21. The number of carbonyl (C=O) groups is 3. The first-order valence-corrected chi connectivity index (χ1v) is 6.93. The minimum Gasteiger partial charge on any atom is -0.393 e. The summed E-state index contributed by atoms with van der Waals surface area (Å²) in [6, 6.07) is 0. The molecule has 3 N–H and O–H groups in total. The first-order chi connectivity index (χ1) is 9.36. The number of hydrogen-bond acceptors (Lipinski definition) is 4. The summed E-state index contributed by atoms with van der Waals surface area (Å²) in [5, 5.41) is 9.35. The molecule has 0 aliphatic carbocycles. The zero-order valence-electron chi connectivity index (χ0n) is 11.7. The van der Waals surface area contributed by atoms with Crippen LogP contribution in [0.3, 0.4) is 0 Å². The van der Waals surface area contributed by atoms with Gasteiger partial charge in [0.05, 0.1) is 19.1 Å². The number of aliphatic hydroxyl groups is 1. The van der Waals surface area contributed by atoms with E-state index in [9.17, 15) is 19.5 Å². The zero-order chi connectivity index (χ0) is 14.9. The fourth-order valence-corrected chi connectivity index (χ4v) is 3.25. The normalized spacial score (nSPS) is 27.4. The average Bonchev–Trinajstić information content (AvgIpc) is 2.88. The standard InChI is InChI=1S/C13H21N3O4/c1-9(17)7-11(19)16-5-2-3-13(16)4-6-15(12(13)20)8-10(14)18/h9,17H,2-8H2,1H3,(H2,14,18). The molecule has 0 radical (unpaired) electrons. The SMILES string of the molecule is CC(O)CC(=O)N1CCCC12CCN(CC(N)=O)C2=O. The van der Waals surface area contributed by atoms with Crippen LogP contribution in [0.4, 0.5) is 0 Å². The highest BCUT2D eigenvalue weighted by Gasteiger charge is 2.54. The second-order valence-electron chi connectivity index (χ2n) is 5.68. The number of aliphatic hydroxyl groups excluding tert-OH is 1. The fraction of sp³-hybridized carbons (Fsp3) is 0.769. The number of nitrogens with zero attached hydrogens (tertiary/aromatic N) is 2. The molecule has 20 heavy (non-hydrogen) atoms. The molecule has 2 unspecified atom stereocenters. The van der Waals surface area contributed by atoms with Crippen LogP contribution in [-0.2, 0) is 14.4 Å². The summed E-state index contributed by atoms with van der Waals surface area (Å²) >= 11 is 0. The van der Waals surface area contributed by atoms with Crippen LogP contribution in [0.1, 0.15) is 32.6 Å². The van der Waals surface area contributed by atoms with Gasteiger partial charge in [0, 0.05) is 13.1 Å². The van der Waals surface area contributed by atoms with Crippen LogP contribution in [0.25, 0.3) is 0 Å². The van der Waals surface area contributed by atoms with E-state index in [2.05, 4.69) is 0 Å².